The van der Waals surface area contributed by atoms with E-state index in [4.69, 9.17) is 4.74 Å². The van der Waals surface area contributed by atoms with Crippen molar-refractivity contribution in [3.8, 4) is 5.75 Å². The van der Waals surface area contributed by atoms with Crippen LogP contribution in [0.1, 0.15) is 38.5 Å². The molecule has 1 aromatic carbocycles. The Morgan fingerprint density at radius 1 is 1.00 bits per heavy atom. The summed E-state index contributed by atoms with van der Waals surface area (Å²) in [5.41, 5.74) is 0.968. The van der Waals surface area contributed by atoms with Crippen LogP contribution >= 0.6 is 0 Å². The Balaban J connectivity index is 1.56. The molecule has 0 bridgehead atoms. The van der Waals surface area contributed by atoms with E-state index in [1.54, 1.807) is 0 Å². The van der Waals surface area contributed by atoms with Gasteiger partial charge in [-0.1, -0.05) is 0 Å². The number of benzene rings is 1. The third-order valence-corrected chi connectivity index (χ3v) is 6.11. The molecule has 1 atom stereocenters. The molecule has 0 radical (unpaired) electrons. The van der Waals surface area contributed by atoms with E-state index < -0.39 is 9.84 Å². The van der Waals surface area contributed by atoms with Gasteiger partial charge in [-0.3, -0.25) is 0 Å². The second kappa shape index (κ2) is 6.26. The molecule has 5 heteroatoms. The van der Waals surface area contributed by atoms with E-state index in [1.165, 1.54) is 12.8 Å². The lowest BCUT2D eigenvalue weighted by Crippen LogP contribution is -2.34. The fourth-order valence-corrected chi connectivity index (χ4v) is 4.84. The minimum absolute atomic E-state index is 0.0327. The zero-order valence-electron chi connectivity index (χ0n) is 12.3. The summed E-state index contributed by atoms with van der Waals surface area (Å²) in [6.07, 6.45) is 6.87. The topological polar surface area (TPSA) is 55.4 Å². The Kier molecular flexibility index (Phi) is 4.38. The molecule has 2 aliphatic rings. The number of nitrogens with one attached hydrogen (secondary N) is 1. The second-order valence-electron chi connectivity index (χ2n) is 6.15. The van der Waals surface area contributed by atoms with Gasteiger partial charge in [-0.2, -0.15) is 0 Å². The molecule has 1 aliphatic heterocycles. The minimum atomic E-state index is -2.86. The summed E-state index contributed by atoms with van der Waals surface area (Å²) in [4.78, 5) is 0. The molecule has 1 N–H and O–H groups in total. The van der Waals surface area contributed by atoms with E-state index in [-0.39, 0.29) is 11.8 Å². The third-order valence-electron chi connectivity index (χ3n) is 4.29. The molecule has 116 valence electrons. The van der Waals surface area contributed by atoms with Crippen molar-refractivity contribution in [1.82, 2.24) is 0 Å². The molecule has 0 aromatic heterocycles. The maximum atomic E-state index is 11.6. The largest absolute Gasteiger partial charge is 0.490 e. The quantitative estimate of drug-likeness (QED) is 0.929. The maximum absolute atomic E-state index is 11.6. The fourth-order valence-electron chi connectivity index (χ4n) is 3.20. The van der Waals surface area contributed by atoms with Crippen molar-refractivity contribution in [3.05, 3.63) is 24.3 Å². The predicted molar refractivity (Wildman–Crippen MR) is 84.6 cm³/mol. The summed E-state index contributed by atoms with van der Waals surface area (Å²) in [5, 5.41) is 3.32. The lowest BCUT2D eigenvalue weighted by molar-refractivity contribution is 0.210. The van der Waals surface area contributed by atoms with Crippen LogP contribution in [0.15, 0.2) is 24.3 Å². The van der Waals surface area contributed by atoms with Crippen LogP contribution in [0.5, 0.6) is 5.75 Å². The third kappa shape index (κ3) is 4.13. The van der Waals surface area contributed by atoms with Crippen molar-refractivity contribution in [2.75, 3.05) is 16.8 Å². The van der Waals surface area contributed by atoms with E-state index >= 15 is 0 Å². The standard InChI is InChI=1S/C16H23NO3S/c18-21(19)11-3-4-14(12-21)17-13-7-9-16(10-8-13)20-15-5-1-2-6-15/h7-10,14-15,17H,1-6,11-12H2. The van der Waals surface area contributed by atoms with E-state index in [1.807, 2.05) is 24.3 Å². The normalized spacial score (nSPS) is 25.6. The Hall–Kier alpha value is -1.23. The average Bonchev–Trinajstić information content (AvgIpc) is 2.93. The first-order valence-electron chi connectivity index (χ1n) is 7.84. The molecule has 3 rings (SSSR count). The van der Waals surface area contributed by atoms with Crippen molar-refractivity contribution >= 4 is 15.5 Å². The molecular weight excluding hydrogens is 286 g/mol. The molecule has 1 unspecified atom stereocenters. The van der Waals surface area contributed by atoms with Gasteiger partial charge in [0.25, 0.3) is 0 Å². The zero-order valence-corrected chi connectivity index (χ0v) is 13.1. The summed E-state index contributed by atoms with van der Waals surface area (Å²) < 4.78 is 29.2. The van der Waals surface area contributed by atoms with Crippen LogP contribution in [0.3, 0.4) is 0 Å². The minimum Gasteiger partial charge on any atom is -0.490 e. The summed E-state index contributed by atoms with van der Waals surface area (Å²) in [7, 11) is -2.86. The number of sulfone groups is 1. The van der Waals surface area contributed by atoms with Crippen LogP contribution in [-0.2, 0) is 9.84 Å². The van der Waals surface area contributed by atoms with Gasteiger partial charge < -0.3 is 10.1 Å². The van der Waals surface area contributed by atoms with Crippen LogP contribution < -0.4 is 10.1 Å². The first-order valence-corrected chi connectivity index (χ1v) is 9.66. The highest BCUT2D eigenvalue weighted by molar-refractivity contribution is 7.91. The van der Waals surface area contributed by atoms with E-state index in [0.717, 1.165) is 37.1 Å². The molecule has 2 fully saturated rings. The fraction of sp³-hybridized carbons (Fsp3) is 0.625. The summed E-state index contributed by atoms with van der Waals surface area (Å²) in [5.74, 6) is 1.48. The van der Waals surface area contributed by atoms with Crippen LogP contribution in [0.25, 0.3) is 0 Å². The van der Waals surface area contributed by atoms with Crippen LogP contribution in [0.2, 0.25) is 0 Å². The van der Waals surface area contributed by atoms with Crippen LogP contribution in [-0.4, -0.2) is 32.1 Å². The number of rotatable bonds is 4. The average molecular weight is 309 g/mol. The highest BCUT2D eigenvalue weighted by atomic mass is 32.2. The van der Waals surface area contributed by atoms with Crippen molar-refractivity contribution in [1.29, 1.82) is 0 Å². The Morgan fingerprint density at radius 3 is 2.38 bits per heavy atom. The Morgan fingerprint density at radius 2 is 1.71 bits per heavy atom. The highest BCUT2D eigenvalue weighted by Crippen LogP contribution is 2.25. The monoisotopic (exact) mass is 309 g/mol. The van der Waals surface area contributed by atoms with E-state index in [0.29, 0.717) is 11.9 Å². The first kappa shape index (κ1) is 14.7. The molecule has 1 aliphatic carbocycles. The number of ether oxygens (including phenoxy) is 1. The van der Waals surface area contributed by atoms with Gasteiger partial charge in [-0.15, -0.1) is 0 Å². The van der Waals surface area contributed by atoms with Gasteiger partial charge in [0, 0.05) is 11.7 Å². The van der Waals surface area contributed by atoms with Gasteiger partial charge in [0.2, 0.25) is 0 Å². The second-order valence-corrected chi connectivity index (χ2v) is 8.38. The number of hydrogen-bond donors (Lipinski definition) is 1. The molecular formula is C16H23NO3S. The molecule has 4 nitrogen and oxygen atoms in total. The predicted octanol–water partition coefficient (Wildman–Crippen LogP) is 3.00. The molecule has 1 saturated carbocycles. The molecule has 1 saturated heterocycles. The van der Waals surface area contributed by atoms with Gasteiger partial charge in [0.15, 0.2) is 9.84 Å². The number of hydrogen-bond acceptors (Lipinski definition) is 4. The Bertz CT molecular complexity index is 562. The smallest absolute Gasteiger partial charge is 0.152 e. The Labute approximate surface area is 126 Å². The molecule has 21 heavy (non-hydrogen) atoms. The van der Waals surface area contributed by atoms with Crippen molar-refractivity contribution in [3.63, 3.8) is 0 Å². The maximum Gasteiger partial charge on any atom is 0.152 e. The molecule has 1 aromatic rings. The van der Waals surface area contributed by atoms with E-state index in [2.05, 4.69) is 5.32 Å². The number of anilines is 1. The van der Waals surface area contributed by atoms with Crippen molar-refractivity contribution in [2.45, 2.75) is 50.7 Å². The summed E-state index contributed by atoms with van der Waals surface area (Å²) in [6, 6.07) is 7.93. The highest BCUT2D eigenvalue weighted by Gasteiger charge is 2.24. The lowest BCUT2D eigenvalue weighted by Gasteiger charge is -2.24. The van der Waals surface area contributed by atoms with Gasteiger partial charge in [-0.25, -0.2) is 8.42 Å². The molecule has 0 spiro atoms. The first-order chi connectivity index (χ1) is 10.1. The van der Waals surface area contributed by atoms with Gasteiger partial charge >= 0.3 is 0 Å². The molecule has 1 heterocycles. The van der Waals surface area contributed by atoms with Gasteiger partial charge in [0.1, 0.15) is 5.75 Å². The van der Waals surface area contributed by atoms with Crippen molar-refractivity contribution < 1.29 is 13.2 Å². The molecule has 0 amide bonds. The SMILES string of the molecule is O=S1(=O)CCCC(Nc2ccc(OC3CCCC3)cc2)C1. The van der Waals surface area contributed by atoms with Gasteiger partial charge in [0.05, 0.1) is 17.6 Å². The zero-order chi connectivity index (χ0) is 14.7. The van der Waals surface area contributed by atoms with Crippen LogP contribution in [0.4, 0.5) is 5.69 Å². The van der Waals surface area contributed by atoms with Gasteiger partial charge in [-0.05, 0) is 62.8 Å². The van der Waals surface area contributed by atoms with E-state index in [9.17, 15) is 8.42 Å². The van der Waals surface area contributed by atoms with Crippen molar-refractivity contribution in [2.24, 2.45) is 0 Å². The summed E-state index contributed by atoms with van der Waals surface area (Å²) in [6.45, 7) is 0. The van der Waals surface area contributed by atoms with Crippen LogP contribution in [0, 0.1) is 0 Å². The lowest BCUT2D eigenvalue weighted by atomic mass is 10.1. The summed E-state index contributed by atoms with van der Waals surface area (Å²) >= 11 is 0.